The maximum Gasteiger partial charge on any atom is 0.280 e. The normalized spacial score (nSPS) is 25.6. The van der Waals surface area contributed by atoms with E-state index in [1.807, 2.05) is 13.8 Å². The Bertz CT molecular complexity index is 1060. The molecule has 12 nitrogen and oxygen atoms in total. The van der Waals surface area contributed by atoms with Crippen LogP contribution >= 0.6 is 0 Å². The Morgan fingerprint density at radius 2 is 2.14 bits per heavy atom. The van der Waals surface area contributed by atoms with Gasteiger partial charge in [0.2, 0.25) is 16.0 Å². The number of imidazole rings is 1. The fraction of sp³-hybridized carbons (Fsp3) is 0.562. The molecule has 0 radical (unpaired) electrons. The molecular weight excluding hydrogens is 404 g/mol. The average molecular weight is 428 g/mol. The molecule has 160 valence electrons. The third-order valence-corrected chi connectivity index (χ3v) is 5.47. The molecule has 0 aliphatic carbocycles. The number of aromatic amines is 1. The lowest BCUT2D eigenvalue weighted by Gasteiger charge is -2.24. The molecule has 3 heterocycles. The molecule has 1 aliphatic heterocycles. The third-order valence-electron chi connectivity index (χ3n) is 4.38. The number of anilines is 1. The number of hydrogen-bond acceptors (Lipinski definition) is 9. The fourth-order valence-electron chi connectivity index (χ4n) is 3.14. The molecule has 3 rings (SSSR count). The summed E-state index contributed by atoms with van der Waals surface area (Å²) in [5.41, 5.74) is 5.49. The summed E-state index contributed by atoms with van der Waals surface area (Å²) in [6.45, 7) is 3.69. The molecule has 2 aromatic rings. The Labute approximate surface area is 167 Å². The number of nitrogens with zero attached hydrogens (tertiary/aromatic N) is 3. The summed E-state index contributed by atoms with van der Waals surface area (Å²) in [6, 6.07) is 0. The lowest BCUT2D eigenvalue weighted by molar-refractivity contribution is -0.0756. The number of H-pyrrole nitrogens is 1. The predicted octanol–water partition coefficient (Wildman–Crippen LogP) is -0.529. The molecule has 0 bridgehead atoms. The molecule has 4 atom stereocenters. The minimum Gasteiger partial charge on any atom is -0.374 e. The van der Waals surface area contributed by atoms with Gasteiger partial charge in [0.1, 0.15) is 18.3 Å². The highest BCUT2D eigenvalue weighted by Crippen LogP contribution is 2.36. The lowest BCUT2D eigenvalue weighted by atomic mass is 10.1. The topological polar surface area (TPSA) is 163 Å². The van der Waals surface area contributed by atoms with Crippen molar-refractivity contribution in [3.05, 3.63) is 28.2 Å². The van der Waals surface area contributed by atoms with E-state index in [2.05, 4.69) is 19.7 Å². The second-order valence-corrected chi connectivity index (χ2v) is 8.46. The van der Waals surface area contributed by atoms with Crippen molar-refractivity contribution in [3.63, 3.8) is 0 Å². The maximum absolute atomic E-state index is 12.1. The molecule has 2 aromatic heterocycles. The summed E-state index contributed by atoms with van der Waals surface area (Å²) >= 11 is 0. The van der Waals surface area contributed by atoms with Gasteiger partial charge in [0.15, 0.2) is 17.4 Å². The van der Waals surface area contributed by atoms with Crippen molar-refractivity contribution in [2.75, 3.05) is 19.9 Å². The Kier molecular flexibility index (Phi) is 6.05. The van der Waals surface area contributed by atoms with Crippen LogP contribution in [-0.4, -0.2) is 66.5 Å². The van der Waals surface area contributed by atoms with Crippen molar-refractivity contribution >= 4 is 27.1 Å². The van der Waals surface area contributed by atoms with Gasteiger partial charge in [0.05, 0.1) is 12.4 Å². The molecule has 1 fully saturated rings. The van der Waals surface area contributed by atoms with Crippen molar-refractivity contribution in [2.24, 2.45) is 0 Å². The van der Waals surface area contributed by atoms with Gasteiger partial charge >= 0.3 is 0 Å². The number of nitrogens with one attached hydrogen (secondary N) is 2. The van der Waals surface area contributed by atoms with E-state index in [0.717, 1.165) is 5.41 Å². The summed E-state index contributed by atoms with van der Waals surface area (Å²) in [7, 11) is -0.804. The van der Waals surface area contributed by atoms with Gasteiger partial charge in [-0.2, -0.15) is 4.98 Å². The van der Waals surface area contributed by atoms with E-state index in [-0.39, 0.29) is 23.2 Å². The van der Waals surface area contributed by atoms with Crippen LogP contribution in [0.2, 0.25) is 0 Å². The van der Waals surface area contributed by atoms with E-state index in [1.54, 1.807) is 0 Å². The number of hydrogen-bond donors (Lipinski definition) is 3. The number of methoxy groups -OCH3 is 1. The minimum absolute atomic E-state index is 0.0669. The molecule has 0 amide bonds. The average Bonchev–Trinajstić information content (AvgIpc) is 3.20. The number of fused-ring (bicyclic) bond motifs is 1. The Hall–Kier alpha value is -2.32. The van der Waals surface area contributed by atoms with E-state index >= 15 is 0 Å². The van der Waals surface area contributed by atoms with Crippen LogP contribution in [0.15, 0.2) is 22.6 Å². The van der Waals surface area contributed by atoms with Crippen LogP contribution < -0.4 is 16.0 Å². The smallest absolute Gasteiger partial charge is 0.280 e. The zero-order valence-corrected chi connectivity index (χ0v) is 17.2. The summed E-state index contributed by atoms with van der Waals surface area (Å²) in [6.07, 6.45) is -0.173. The van der Waals surface area contributed by atoms with Gasteiger partial charge in [-0.05, 0) is 27.0 Å². The Balaban J connectivity index is 2.04. The van der Waals surface area contributed by atoms with Crippen molar-refractivity contribution < 1.29 is 22.6 Å². The zero-order chi connectivity index (χ0) is 21.3. The largest absolute Gasteiger partial charge is 0.374 e. The highest BCUT2D eigenvalue weighted by Gasteiger charge is 2.47. The van der Waals surface area contributed by atoms with Crippen molar-refractivity contribution in [3.8, 4) is 0 Å². The summed E-state index contributed by atoms with van der Waals surface area (Å²) in [5.74, 6) is -0.0669. The summed E-state index contributed by atoms with van der Waals surface area (Å²) < 4.78 is 44.9. The number of aromatic nitrogens is 4. The van der Waals surface area contributed by atoms with Gasteiger partial charge in [-0.1, -0.05) is 0 Å². The monoisotopic (exact) mass is 428 g/mol. The first-order chi connectivity index (χ1) is 13.7. The SMILES string of the molecule is CNS(=O)(=O)/C=C/[C@H]1O[C@@H](n2cnc3c(=O)[nH]c(N)nc32)[C@H](OC)[C@@H]1OC(C)C. The van der Waals surface area contributed by atoms with Gasteiger partial charge in [0, 0.05) is 12.5 Å². The van der Waals surface area contributed by atoms with Crippen LogP contribution in [0, 0.1) is 0 Å². The van der Waals surface area contributed by atoms with Crippen molar-refractivity contribution in [1.29, 1.82) is 0 Å². The number of sulfonamides is 1. The molecule has 0 saturated carbocycles. The fourth-order valence-corrected chi connectivity index (χ4v) is 3.64. The Morgan fingerprint density at radius 3 is 2.76 bits per heavy atom. The van der Waals surface area contributed by atoms with Crippen LogP contribution in [0.4, 0.5) is 5.95 Å². The van der Waals surface area contributed by atoms with Crippen LogP contribution in [0.1, 0.15) is 20.1 Å². The molecule has 0 aromatic carbocycles. The zero-order valence-electron chi connectivity index (χ0n) is 16.4. The predicted molar refractivity (Wildman–Crippen MR) is 104 cm³/mol. The van der Waals surface area contributed by atoms with Crippen LogP contribution in [0.3, 0.4) is 0 Å². The lowest BCUT2D eigenvalue weighted by Crippen LogP contribution is -2.37. The highest BCUT2D eigenvalue weighted by atomic mass is 32.2. The van der Waals surface area contributed by atoms with E-state index in [0.29, 0.717) is 0 Å². The van der Waals surface area contributed by atoms with E-state index in [4.69, 9.17) is 19.9 Å². The van der Waals surface area contributed by atoms with E-state index < -0.39 is 40.1 Å². The van der Waals surface area contributed by atoms with Crippen LogP contribution in [0.25, 0.3) is 11.2 Å². The minimum atomic E-state index is -3.60. The third kappa shape index (κ3) is 4.33. The second-order valence-electron chi connectivity index (χ2n) is 6.69. The van der Waals surface area contributed by atoms with Crippen LogP contribution in [-0.2, 0) is 24.2 Å². The number of rotatable bonds is 7. The number of nitrogens with two attached hydrogens (primary N) is 1. The Morgan fingerprint density at radius 1 is 1.41 bits per heavy atom. The van der Waals surface area contributed by atoms with Crippen LogP contribution in [0.5, 0.6) is 0 Å². The number of nitrogen functional groups attached to an aromatic ring is 1. The first-order valence-corrected chi connectivity index (χ1v) is 10.4. The van der Waals surface area contributed by atoms with E-state index in [1.165, 1.54) is 31.1 Å². The summed E-state index contributed by atoms with van der Waals surface area (Å²) in [4.78, 5) is 22.7. The molecule has 13 heteroatoms. The second kappa shape index (κ2) is 8.20. The van der Waals surface area contributed by atoms with Gasteiger partial charge in [-0.15, -0.1) is 0 Å². The molecule has 0 spiro atoms. The molecule has 29 heavy (non-hydrogen) atoms. The van der Waals surface area contributed by atoms with Crippen molar-refractivity contribution in [2.45, 2.75) is 44.5 Å². The van der Waals surface area contributed by atoms with Gasteiger partial charge in [-0.25, -0.2) is 18.1 Å². The molecule has 1 saturated heterocycles. The highest BCUT2D eigenvalue weighted by molar-refractivity contribution is 7.92. The van der Waals surface area contributed by atoms with Gasteiger partial charge in [0.25, 0.3) is 5.56 Å². The number of ether oxygens (including phenoxy) is 3. The molecule has 1 aliphatic rings. The first kappa shape index (κ1) is 21.4. The molecule has 0 unspecified atom stereocenters. The quantitative estimate of drug-likeness (QED) is 0.526. The molecular formula is C16H24N6O6S. The maximum atomic E-state index is 12.1. The van der Waals surface area contributed by atoms with E-state index in [9.17, 15) is 13.2 Å². The first-order valence-electron chi connectivity index (χ1n) is 8.84. The standard InChI is InChI=1S/C16H24N6O6S/c1-8(2)27-11-9(5-6-29(24,25)18-3)28-15(12(11)26-4)22-7-19-10-13(22)20-16(17)21-14(10)23/h5-9,11-12,15,18H,1-4H3,(H3,17,20,21,23)/b6-5+/t9-,11-,12-,15-/m1/s1. The summed E-state index contributed by atoms with van der Waals surface area (Å²) in [5, 5.41) is 1.01. The van der Waals surface area contributed by atoms with Crippen molar-refractivity contribution in [1.82, 2.24) is 24.2 Å². The molecule has 4 N–H and O–H groups in total. The van der Waals surface area contributed by atoms with Gasteiger partial charge < -0.3 is 19.9 Å². The van der Waals surface area contributed by atoms with Gasteiger partial charge in [-0.3, -0.25) is 14.3 Å².